The summed E-state index contributed by atoms with van der Waals surface area (Å²) >= 11 is 0. The van der Waals surface area contributed by atoms with Gasteiger partial charge in [-0.25, -0.2) is 0 Å². The number of carbonyl (C=O) groups is 1. The van der Waals surface area contributed by atoms with Crippen molar-refractivity contribution < 1.29 is 13.6 Å². The van der Waals surface area contributed by atoms with Crippen LogP contribution < -0.4 is 0 Å². The van der Waals surface area contributed by atoms with Crippen LogP contribution in [-0.4, -0.2) is 11.7 Å². The van der Waals surface area contributed by atoms with Gasteiger partial charge in [0, 0.05) is 5.56 Å². The molecule has 0 N–H and O–H groups in total. The predicted octanol–water partition coefficient (Wildman–Crippen LogP) is 6.32. The number of aryl methyl sites for hydroxylation is 1. The van der Waals surface area contributed by atoms with Crippen LogP contribution >= 0.6 is 0 Å². The van der Waals surface area contributed by atoms with Crippen LogP contribution in [0.15, 0.2) is 90.5 Å². The van der Waals surface area contributed by atoms with Crippen LogP contribution in [0.25, 0.3) is 6.08 Å². The van der Waals surface area contributed by atoms with Crippen LogP contribution in [0.4, 0.5) is 8.78 Å². The fourth-order valence-electron chi connectivity index (χ4n) is 3.93. The predicted molar refractivity (Wildman–Crippen MR) is 108 cm³/mol. The van der Waals surface area contributed by atoms with E-state index in [9.17, 15) is 4.79 Å². The summed E-state index contributed by atoms with van der Waals surface area (Å²) in [4.78, 5) is 12.8. The second-order valence-electron chi connectivity index (χ2n) is 7.08. The molecule has 1 atom stereocenters. The number of benzene rings is 3. The van der Waals surface area contributed by atoms with Gasteiger partial charge < -0.3 is 0 Å². The van der Waals surface area contributed by atoms with E-state index in [-0.39, 0.29) is 5.56 Å². The molecule has 3 heteroatoms. The molecule has 0 aliphatic heterocycles. The van der Waals surface area contributed by atoms with Crippen molar-refractivity contribution in [1.82, 2.24) is 0 Å². The first-order valence-corrected chi connectivity index (χ1v) is 9.38. The summed E-state index contributed by atoms with van der Waals surface area (Å²) in [6.07, 6.45) is 3.02. The summed E-state index contributed by atoms with van der Waals surface area (Å²) in [6, 6.07) is 24.5. The highest BCUT2D eigenvalue weighted by Crippen LogP contribution is 2.47. The lowest BCUT2D eigenvalue weighted by atomic mass is 9.73. The summed E-state index contributed by atoms with van der Waals surface area (Å²) in [7, 11) is 0. The molecule has 3 aromatic carbocycles. The number of ketones is 1. The van der Waals surface area contributed by atoms with Crippen molar-refractivity contribution in [2.75, 3.05) is 0 Å². The zero-order valence-corrected chi connectivity index (χ0v) is 15.3. The maximum Gasteiger partial charge on any atom is 0.320 e. The normalized spacial score (nSPS) is 17.9. The first kappa shape index (κ1) is 18.3. The zero-order valence-electron chi connectivity index (χ0n) is 15.3. The van der Waals surface area contributed by atoms with Crippen LogP contribution in [0.5, 0.6) is 0 Å². The van der Waals surface area contributed by atoms with E-state index in [2.05, 4.69) is 0 Å². The smallest absolute Gasteiger partial charge is 0.287 e. The second kappa shape index (κ2) is 7.51. The molecule has 0 amide bonds. The highest BCUT2D eigenvalue weighted by Gasteiger charge is 2.51. The van der Waals surface area contributed by atoms with Gasteiger partial charge in [-0.05, 0) is 29.5 Å². The Hall–Kier alpha value is -3.07. The van der Waals surface area contributed by atoms with Gasteiger partial charge in [-0.15, -0.1) is 0 Å². The third-order valence-electron chi connectivity index (χ3n) is 5.27. The number of fused-ring (bicyclic) bond motifs is 1. The van der Waals surface area contributed by atoms with Crippen LogP contribution in [0.1, 0.15) is 39.4 Å². The minimum absolute atomic E-state index is 0.0367. The van der Waals surface area contributed by atoms with Crippen molar-refractivity contribution in [1.29, 1.82) is 0 Å². The molecule has 140 valence electrons. The highest BCUT2D eigenvalue weighted by molar-refractivity contribution is 6.02. The Morgan fingerprint density at radius 3 is 2.14 bits per heavy atom. The van der Waals surface area contributed by atoms with Crippen molar-refractivity contribution in [2.24, 2.45) is 0 Å². The number of halogens is 2. The number of hydrogen-bond donors (Lipinski definition) is 0. The maximum absolute atomic E-state index is 15.6. The monoisotopic (exact) mass is 374 g/mol. The van der Waals surface area contributed by atoms with Crippen LogP contribution in [-0.2, 0) is 6.42 Å². The lowest BCUT2D eigenvalue weighted by molar-refractivity contribution is -0.00229. The van der Waals surface area contributed by atoms with Gasteiger partial charge in [0.1, 0.15) is 0 Å². The molecule has 1 aliphatic rings. The average molecular weight is 374 g/mol. The lowest BCUT2D eigenvalue weighted by Gasteiger charge is -2.34. The molecule has 0 fully saturated rings. The zero-order chi connectivity index (χ0) is 19.6. The second-order valence-corrected chi connectivity index (χ2v) is 7.08. The van der Waals surface area contributed by atoms with E-state index >= 15 is 8.78 Å². The highest BCUT2D eigenvalue weighted by atomic mass is 19.3. The van der Waals surface area contributed by atoms with E-state index in [0.717, 1.165) is 11.1 Å². The van der Waals surface area contributed by atoms with E-state index in [1.807, 2.05) is 48.5 Å². The average Bonchev–Trinajstić information content (AvgIpc) is 2.74. The van der Waals surface area contributed by atoms with E-state index in [1.165, 1.54) is 12.1 Å². The van der Waals surface area contributed by atoms with Gasteiger partial charge in [0.25, 0.3) is 0 Å². The number of alkyl halides is 2. The first-order valence-electron chi connectivity index (χ1n) is 9.38. The van der Waals surface area contributed by atoms with E-state index in [0.29, 0.717) is 24.0 Å². The minimum atomic E-state index is -3.53. The Bertz CT molecular complexity index is 1010. The van der Waals surface area contributed by atoms with Gasteiger partial charge in [-0.2, -0.15) is 8.78 Å². The number of carbonyl (C=O) groups excluding carboxylic acids is 1. The van der Waals surface area contributed by atoms with E-state index < -0.39 is 17.6 Å². The molecule has 0 saturated heterocycles. The standard InChI is InChI=1S/C25H20F2O/c26-25(27,24(28)20-12-5-2-6-13-20)23-21(17-18-9-3-1-4-10-18)16-15-19-11-7-8-14-22(19)23/h1-14,17,23H,15-16H2/b21-17+. The van der Waals surface area contributed by atoms with Crippen molar-refractivity contribution in [3.8, 4) is 0 Å². The molecular formula is C25H20F2O. The third-order valence-corrected chi connectivity index (χ3v) is 5.27. The maximum atomic E-state index is 15.6. The van der Waals surface area contributed by atoms with Gasteiger partial charge in [0.05, 0.1) is 5.92 Å². The number of Topliss-reactive ketones (excluding diaryl/α,β-unsaturated/α-hetero) is 1. The molecule has 0 saturated carbocycles. The molecule has 4 rings (SSSR count). The summed E-state index contributed by atoms with van der Waals surface area (Å²) < 4.78 is 31.3. The van der Waals surface area contributed by atoms with Gasteiger partial charge in [0.15, 0.2) is 0 Å². The molecular weight excluding hydrogens is 354 g/mol. The number of rotatable bonds is 4. The van der Waals surface area contributed by atoms with Crippen LogP contribution in [0, 0.1) is 0 Å². The van der Waals surface area contributed by atoms with Gasteiger partial charge in [0.2, 0.25) is 5.78 Å². The molecule has 1 unspecified atom stereocenters. The molecule has 1 nitrogen and oxygen atoms in total. The number of hydrogen-bond acceptors (Lipinski definition) is 1. The Balaban J connectivity index is 1.83. The van der Waals surface area contributed by atoms with Gasteiger partial charge in [-0.3, -0.25) is 4.79 Å². The van der Waals surface area contributed by atoms with E-state index in [1.54, 1.807) is 30.3 Å². The third kappa shape index (κ3) is 3.40. The molecule has 0 spiro atoms. The summed E-state index contributed by atoms with van der Waals surface area (Å²) in [5.41, 5.74) is 2.93. The van der Waals surface area contributed by atoms with Gasteiger partial charge >= 0.3 is 5.92 Å². The van der Waals surface area contributed by atoms with Crippen LogP contribution in [0.3, 0.4) is 0 Å². The summed E-state index contributed by atoms with van der Waals surface area (Å²) in [5.74, 6) is -5.92. The van der Waals surface area contributed by atoms with Crippen molar-refractivity contribution >= 4 is 11.9 Å². The Kier molecular flexibility index (Phi) is 4.91. The molecule has 0 heterocycles. The quantitative estimate of drug-likeness (QED) is 0.489. The van der Waals surface area contributed by atoms with E-state index in [4.69, 9.17) is 0 Å². The minimum Gasteiger partial charge on any atom is -0.287 e. The molecule has 0 bridgehead atoms. The molecule has 0 radical (unpaired) electrons. The SMILES string of the molecule is O=C(c1ccccc1)C(F)(F)C1/C(=C/c2ccccc2)CCc2ccccc21. The largest absolute Gasteiger partial charge is 0.320 e. The molecule has 3 aromatic rings. The lowest BCUT2D eigenvalue weighted by Crippen LogP contribution is -2.38. The Morgan fingerprint density at radius 1 is 0.821 bits per heavy atom. The molecule has 1 aliphatic carbocycles. The number of allylic oxidation sites excluding steroid dienone is 1. The van der Waals surface area contributed by atoms with Crippen LogP contribution in [0.2, 0.25) is 0 Å². The topological polar surface area (TPSA) is 17.1 Å². The van der Waals surface area contributed by atoms with Crippen molar-refractivity contribution in [2.45, 2.75) is 24.7 Å². The Morgan fingerprint density at radius 2 is 1.43 bits per heavy atom. The first-order chi connectivity index (χ1) is 13.6. The molecule has 0 aromatic heterocycles. The van der Waals surface area contributed by atoms with Gasteiger partial charge in [-0.1, -0.05) is 96.6 Å². The summed E-state index contributed by atoms with van der Waals surface area (Å²) in [5, 5.41) is 0. The molecule has 28 heavy (non-hydrogen) atoms. The summed E-state index contributed by atoms with van der Waals surface area (Å²) in [6.45, 7) is 0. The Labute approximate surface area is 163 Å². The van der Waals surface area contributed by atoms with Crippen molar-refractivity contribution in [3.63, 3.8) is 0 Å². The van der Waals surface area contributed by atoms with Crippen molar-refractivity contribution in [3.05, 3.63) is 113 Å². The fraction of sp³-hybridized carbons (Fsp3) is 0.160. The fourth-order valence-corrected chi connectivity index (χ4v) is 3.93.